The Hall–Kier alpha value is 0.789. The summed E-state index contributed by atoms with van der Waals surface area (Å²) in [6, 6.07) is 0. The Morgan fingerprint density at radius 3 is 1.67 bits per heavy atom. The summed E-state index contributed by atoms with van der Waals surface area (Å²) in [4.78, 5) is 17.9. The molecule has 0 spiro atoms. The number of hydrogen-bond donors (Lipinski definition) is 1. The molecule has 0 unspecified atom stereocenters. The van der Waals surface area contributed by atoms with Crippen molar-refractivity contribution in [1.29, 1.82) is 0 Å². The molecule has 0 aromatic carbocycles. The predicted molar refractivity (Wildman–Crippen MR) is 10.6 cm³/mol. The summed E-state index contributed by atoms with van der Waals surface area (Å²) in [6.45, 7) is 0. The predicted octanol–water partition coefficient (Wildman–Crippen LogP) is -1.58. The van der Waals surface area contributed by atoms with Gasteiger partial charge in [0.2, 0.25) is 0 Å². The first-order valence-electron chi connectivity index (χ1n) is 0.730. The maximum Gasteiger partial charge on any atom is 2.00 e. The Labute approximate surface area is 46.2 Å². The maximum atomic E-state index is 8.93. The van der Waals surface area contributed by atoms with Gasteiger partial charge in [-0.1, -0.05) is 0 Å². The van der Waals surface area contributed by atoms with Crippen LogP contribution in [0.2, 0.25) is 0 Å². The van der Waals surface area contributed by atoms with E-state index in [1.807, 2.05) is 0 Å². The molecule has 6 heteroatoms. The Morgan fingerprint density at radius 2 is 1.67 bits per heavy atom. The van der Waals surface area contributed by atoms with E-state index in [4.69, 9.17) is 15.0 Å². The largest absolute Gasteiger partial charge is 2.00 e. The molecule has 0 aromatic rings. The summed E-state index contributed by atoms with van der Waals surface area (Å²) < 4.78 is 2.70. The second-order valence-corrected chi connectivity index (χ2v) is 0.916. The second-order valence-electron chi connectivity index (χ2n) is 0.305. The molecule has 0 aromatic heterocycles. The number of hydrogen-bond acceptors (Lipinski definition) is 4. The van der Waals surface area contributed by atoms with Gasteiger partial charge in [0.15, 0.2) is 0 Å². The van der Waals surface area contributed by atoms with E-state index in [0.717, 1.165) is 0 Å². The van der Waals surface area contributed by atoms with Crippen molar-refractivity contribution in [2.45, 2.75) is 0 Å². The summed E-state index contributed by atoms with van der Waals surface area (Å²) >= 11 is 0. The maximum absolute atomic E-state index is 8.93. The van der Waals surface area contributed by atoms with Crippen molar-refractivity contribution < 1.29 is 36.8 Å². The molecule has 0 amide bonds. The quantitative estimate of drug-likeness (QED) is 0.213. The van der Waals surface area contributed by atoms with E-state index in [0.29, 0.717) is 0 Å². The molecule has 1 N–H and O–H groups in total. The van der Waals surface area contributed by atoms with Crippen LogP contribution in [0.3, 0.4) is 0 Å². The molecule has 0 saturated heterocycles. The van der Waals surface area contributed by atoms with Crippen LogP contribution in [0.1, 0.15) is 0 Å². The van der Waals surface area contributed by atoms with E-state index in [1.54, 1.807) is 0 Å². The van der Waals surface area contributed by atoms with E-state index in [9.17, 15) is 0 Å². The van der Waals surface area contributed by atoms with Crippen molar-refractivity contribution in [3.8, 4) is 0 Å². The van der Waals surface area contributed by atoms with E-state index in [2.05, 4.69) is 4.67 Å². The van der Waals surface area contributed by atoms with Gasteiger partial charge < -0.3 is 9.79 Å². The van der Waals surface area contributed by atoms with Gasteiger partial charge in [0, 0.05) is 0 Å². The Balaban J connectivity index is 0. The van der Waals surface area contributed by atoms with Gasteiger partial charge in [0.05, 0.1) is 0 Å². The van der Waals surface area contributed by atoms with Gasteiger partial charge in [-0.3, -0.25) is 9.93 Å². The van der Waals surface area contributed by atoms with Crippen molar-refractivity contribution in [2.75, 3.05) is 0 Å². The molecule has 0 aliphatic rings. The first kappa shape index (κ1) is 9.92. The third-order valence-corrected chi connectivity index (χ3v) is 0.200. The van der Waals surface area contributed by atoms with Gasteiger partial charge in [0.1, 0.15) is 0 Å². The molecule has 6 heavy (non-hydrogen) atoms. The van der Waals surface area contributed by atoms with E-state index in [1.165, 1.54) is 0 Å². The first-order chi connectivity index (χ1) is 2.27. The first-order valence-corrected chi connectivity index (χ1v) is 1.83. The molecule has 0 fully saturated rings. The van der Waals surface area contributed by atoms with Gasteiger partial charge in [-0.15, -0.1) is 8.60 Å². The average Bonchev–Trinajstić information content (AvgIpc) is 1.38. The van der Waals surface area contributed by atoms with Crippen molar-refractivity contribution in [2.24, 2.45) is 0 Å². The van der Waals surface area contributed by atoms with Crippen LogP contribution in [0.15, 0.2) is 0 Å². The van der Waals surface area contributed by atoms with E-state index in [-0.39, 0.29) is 17.1 Å². The summed E-state index contributed by atoms with van der Waals surface area (Å²) in [5.41, 5.74) is 0. The van der Waals surface area contributed by atoms with Gasteiger partial charge in [-0.2, -0.15) is 0 Å². The second kappa shape index (κ2) is 5.79. The molecule has 0 aliphatic heterocycles. The SMILES string of the molecule is [Fe+2].[O-]P([O-])OO. The Kier molecular flexibility index (Phi) is 9.57. The average molecular weight is 152 g/mol. The van der Waals surface area contributed by atoms with Crippen LogP contribution in [0.4, 0.5) is 0 Å². The van der Waals surface area contributed by atoms with Crippen molar-refractivity contribution in [3.63, 3.8) is 0 Å². The third kappa shape index (κ3) is 8.84. The van der Waals surface area contributed by atoms with Gasteiger partial charge in [-0.25, -0.2) is 0 Å². The fourth-order valence-electron chi connectivity index (χ4n) is 0. The fraction of sp³-hybridized carbons (Fsp3) is 0. The fourth-order valence-corrected chi connectivity index (χ4v) is 0. The molecular formula is HFeO4P. The Bertz CT molecular complexity index is 21.5. The summed E-state index contributed by atoms with van der Waals surface area (Å²) in [6.07, 6.45) is 0. The molecule has 0 heterocycles. The molecule has 0 rings (SSSR count). The van der Waals surface area contributed by atoms with Crippen LogP contribution in [-0.2, 0) is 21.7 Å². The minimum atomic E-state index is -3.04. The van der Waals surface area contributed by atoms with Crippen molar-refractivity contribution in [3.05, 3.63) is 0 Å². The van der Waals surface area contributed by atoms with Crippen LogP contribution >= 0.6 is 8.60 Å². The molecule has 0 saturated carbocycles. The smallest absolute Gasteiger partial charge is 0.818 e. The minimum absolute atomic E-state index is 0. The zero-order valence-electron chi connectivity index (χ0n) is 2.47. The van der Waals surface area contributed by atoms with Crippen LogP contribution in [0, 0.1) is 0 Å². The van der Waals surface area contributed by atoms with Crippen LogP contribution in [0.5, 0.6) is 0 Å². The molecular weight excluding hydrogens is 151 g/mol. The van der Waals surface area contributed by atoms with Crippen molar-refractivity contribution >= 4 is 8.60 Å². The minimum Gasteiger partial charge on any atom is -0.818 e. The monoisotopic (exact) mass is 152 g/mol. The molecule has 0 atom stereocenters. The van der Waals surface area contributed by atoms with Crippen LogP contribution in [0.25, 0.3) is 0 Å². The van der Waals surface area contributed by atoms with Crippen LogP contribution in [-0.4, -0.2) is 5.26 Å². The standard InChI is InChI=1S/Fe.HO4P/c;1-4-5(2)3/h;1H/q+2;-2. The number of rotatable bonds is 1. The molecule has 0 aliphatic carbocycles. The molecule has 0 bridgehead atoms. The van der Waals surface area contributed by atoms with Crippen molar-refractivity contribution in [1.82, 2.24) is 0 Å². The Morgan fingerprint density at radius 1 is 1.50 bits per heavy atom. The summed E-state index contributed by atoms with van der Waals surface area (Å²) in [7, 11) is -3.04. The molecule has 4 nitrogen and oxygen atoms in total. The van der Waals surface area contributed by atoms with Gasteiger partial charge in [0.25, 0.3) is 0 Å². The van der Waals surface area contributed by atoms with Gasteiger partial charge >= 0.3 is 17.1 Å². The van der Waals surface area contributed by atoms with Gasteiger partial charge in [-0.05, 0) is 0 Å². The third-order valence-electron chi connectivity index (χ3n) is 0.0667. The summed E-state index contributed by atoms with van der Waals surface area (Å²) in [5.74, 6) is 0. The van der Waals surface area contributed by atoms with Crippen LogP contribution < -0.4 is 9.79 Å². The van der Waals surface area contributed by atoms with E-state index < -0.39 is 8.60 Å². The zero-order chi connectivity index (χ0) is 4.28. The molecule has 38 valence electrons. The topological polar surface area (TPSA) is 75.6 Å². The molecule has 0 radical (unpaired) electrons. The van der Waals surface area contributed by atoms with E-state index >= 15 is 0 Å². The summed E-state index contributed by atoms with van der Waals surface area (Å²) in [5, 5.41) is 7.05. The normalized spacial score (nSPS) is 8.00. The zero-order valence-corrected chi connectivity index (χ0v) is 4.47.